The van der Waals surface area contributed by atoms with Crippen molar-refractivity contribution in [3.05, 3.63) is 27.8 Å². The summed E-state index contributed by atoms with van der Waals surface area (Å²) < 4.78 is 14.6. The van der Waals surface area contributed by atoms with Crippen LogP contribution in [0, 0.1) is 36.9 Å². The third kappa shape index (κ3) is 2.46. The highest BCUT2D eigenvalue weighted by atomic mass is 35.5. The molecule has 3 N–H and O–H groups in total. The number of hydrogen-bond acceptors (Lipinski definition) is 3. The summed E-state index contributed by atoms with van der Waals surface area (Å²) in [6, 6.07) is -0.337. The van der Waals surface area contributed by atoms with Gasteiger partial charge in [0.25, 0.3) is 5.91 Å². The van der Waals surface area contributed by atoms with Crippen molar-refractivity contribution in [2.45, 2.75) is 59.1 Å². The van der Waals surface area contributed by atoms with E-state index in [4.69, 9.17) is 11.6 Å². The van der Waals surface area contributed by atoms with Crippen LogP contribution in [0.15, 0.2) is 0 Å². The number of carbonyl (C=O) groups is 1. The molecule has 2 heterocycles. The minimum absolute atomic E-state index is 0.0332. The number of halogens is 2. The van der Waals surface area contributed by atoms with Gasteiger partial charge in [-0.3, -0.25) is 4.79 Å². The molecule has 3 aliphatic carbocycles. The lowest BCUT2D eigenvalue weighted by atomic mass is 9.43. The van der Waals surface area contributed by atoms with Gasteiger partial charge in [-0.2, -0.15) is 0 Å². The molecule has 3 aliphatic rings. The molecule has 2 bridgehead atoms. The molecule has 0 radical (unpaired) electrons. The molecule has 0 aliphatic heterocycles. The Balaban J connectivity index is 1.65. The first-order valence-corrected chi connectivity index (χ1v) is 9.71. The maximum Gasteiger partial charge on any atom is 0.268 e. The van der Waals surface area contributed by atoms with E-state index in [0.29, 0.717) is 22.8 Å². The standard InChI is InChI=1S/C20H25ClFN3O2/c1-8-13-15(22)14(21)9(2)23-17(13)25-16(8)18(26)24-12-7-10-6-11(19(10,3)4)20(12,5)27/h10-12,27H,6-7H2,1-5H3,(H,23,25)(H,24,26)/t10-,11-,12+,20-/m1/s1. The average Bonchev–Trinajstić information content (AvgIpc) is 2.90. The zero-order valence-electron chi connectivity index (χ0n) is 16.2. The lowest BCUT2D eigenvalue weighted by Crippen LogP contribution is -2.70. The number of aromatic nitrogens is 2. The van der Waals surface area contributed by atoms with Crippen LogP contribution in [0.2, 0.25) is 5.02 Å². The van der Waals surface area contributed by atoms with E-state index < -0.39 is 11.4 Å². The van der Waals surface area contributed by atoms with Gasteiger partial charge in [0.05, 0.1) is 27.7 Å². The number of nitrogens with zero attached hydrogens (tertiary/aromatic N) is 1. The first-order valence-electron chi connectivity index (χ1n) is 9.33. The Kier molecular flexibility index (Phi) is 3.93. The maximum atomic E-state index is 14.6. The molecule has 3 saturated carbocycles. The van der Waals surface area contributed by atoms with Crippen molar-refractivity contribution in [2.75, 3.05) is 0 Å². The molecule has 4 atom stereocenters. The summed E-state index contributed by atoms with van der Waals surface area (Å²) in [6.45, 7) is 9.46. The van der Waals surface area contributed by atoms with Crippen molar-refractivity contribution in [3.8, 4) is 0 Å². The largest absolute Gasteiger partial charge is 0.388 e. The fraction of sp³-hybridized carbons (Fsp3) is 0.600. The molecule has 3 fully saturated rings. The molecule has 5 nitrogen and oxygen atoms in total. The lowest BCUT2D eigenvalue weighted by Gasteiger charge is -2.65. The summed E-state index contributed by atoms with van der Waals surface area (Å²) in [5, 5.41) is 14.3. The second-order valence-electron chi connectivity index (χ2n) is 8.97. The molecule has 5 rings (SSSR count). The van der Waals surface area contributed by atoms with Crippen LogP contribution < -0.4 is 5.32 Å². The normalized spacial score (nSPS) is 31.6. The minimum atomic E-state index is -0.975. The van der Waals surface area contributed by atoms with E-state index in [1.54, 1.807) is 13.8 Å². The molecule has 2 aromatic heterocycles. The number of nitrogens with one attached hydrogen (secondary N) is 2. The van der Waals surface area contributed by atoms with Gasteiger partial charge in [-0.25, -0.2) is 9.37 Å². The number of carbonyl (C=O) groups excluding carboxylic acids is 1. The fourth-order valence-corrected chi connectivity index (χ4v) is 5.39. The highest BCUT2D eigenvalue weighted by Gasteiger charge is 2.63. The lowest BCUT2D eigenvalue weighted by molar-refractivity contribution is -0.207. The summed E-state index contributed by atoms with van der Waals surface area (Å²) in [5.74, 6) is -0.293. The van der Waals surface area contributed by atoms with E-state index in [-0.39, 0.29) is 39.4 Å². The quantitative estimate of drug-likeness (QED) is 0.724. The zero-order valence-corrected chi connectivity index (χ0v) is 17.0. The predicted molar refractivity (Wildman–Crippen MR) is 102 cm³/mol. The summed E-state index contributed by atoms with van der Waals surface area (Å²) in [7, 11) is 0. The van der Waals surface area contributed by atoms with Crippen molar-refractivity contribution < 1.29 is 14.3 Å². The second-order valence-corrected chi connectivity index (χ2v) is 9.35. The second kappa shape index (κ2) is 5.67. The van der Waals surface area contributed by atoms with Gasteiger partial charge in [-0.15, -0.1) is 0 Å². The Bertz CT molecular complexity index is 966. The topological polar surface area (TPSA) is 78.0 Å². The van der Waals surface area contributed by atoms with Crippen molar-refractivity contribution in [1.82, 2.24) is 15.3 Å². The highest BCUT2D eigenvalue weighted by molar-refractivity contribution is 6.32. The number of H-pyrrole nitrogens is 1. The van der Waals surface area contributed by atoms with Crippen molar-refractivity contribution >= 4 is 28.5 Å². The minimum Gasteiger partial charge on any atom is -0.388 e. The Morgan fingerprint density at radius 3 is 2.59 bits per heavy atom. The van der Waals surface area contributed by atoms with Gasteiger partial charge in [-0.1, -0.05) is 25.4 Å². The van der Waals surface area contributed by atoms with E-state index in [1.165, 1.54) is 0 Å². The molecule has 0 aromatic carbocycles. The van der Waals surface area contributed by atoms with Crippen LogP contribution in [-0.4, -0.2) is 32.6 Å². The molecular formula is C20H25ClFN3O2. The molecule has 0 spiro atoms. The number of aliphatic hydroxyl groups is 1. The van der Waals surface area contributed by atoms with Gasteiger partial charge < -0.3 is 15.4 Å². The van der Waals surface area contributed by atoms with Gasteiger partial charge in [0.15, 0.2) is 5.82 Å². The summed E-state index contributed by atoms with van der Waals surface area (Å²) in [5.41, 5.74) is 0.506. The number of amides is 1. The van der Waals surface area contributed by atoms with Crippen molar-refractivity contribution in [1.29, 1.82) is 0 Å². The highest BCUT2D eigenvalue weighted by Crippen LogP contribution is 2.62. The van der Waals surface area contributed by atoms with E-state index in [2.05, 4.69) is 29.1 Å². The number of aryl methyl sites for hydroxylation is 2. The Morgan fingerprint density at radius 2 is 2.00 bits per heavy atom. The Labute approximate surface area is 162 Å². The molecule has 7 heteroatoms. The van der Waals surface area contributed by atoms with Crippen molar-refractivity contribution in [3.63, 3.8) is 0 Å². The summed E-state index contributed by atoms with van der Waals surface area (Å²) in [4.78, 5) is 20.1. The molecule has 0 unspecified atom stereocenters. The van der Waals surface area contributed by atoms with Crippen molar-refractivity contribution in [2.24, 2.45) is 17.3 Å². The molecule has 0 saturated heterocycles. The SMILES string of the molecule is Cc1nc2[nH]c(C(=O)N[C@H]3C[C@H]4C[C@H](C4(C)C)[C@@]3(C)O)c(C)c2c(F)c1Cl. The number of rotatable bonds is 2. The predicted octanol–water partition coefficient (Wildman–Crippen LogP) is 3.89. The van der Waals surface area contributed by atoms with Gasteiger partial charge >= 0.3 is 0 Å². The number of aromatic amines is 1. The van der Waals surface area contributed by atoms with Crippen LogP contribution in [-0.2, 0) is 0 Å². The molecule has 27 heavy (non-hydrogen) atoms. The molecule has 146 valence electrons. The summed E-state index contributed by atoms with van der Waals surface area (Å²) >= 11 is 5.97. The van der Waals surface area contributed by atoms with Gasteiger partial charge in [0, 0.05) is 0 Å². The van der Waals surface area contributed by atoms with Crippen LogP contribution in [0.1, 0.15) is 55.4 Å². The average molecular weight is 394 g/mol. The van der Waals surface area contributed by atoms with Crippen LogP contribution in [0.4, 0.5) is 4.39 Å². The smallest absolute Gasteiger partial charge is 0.268 e. The Morgan fingerprint density at radius 1 is 1.33 bits per heavy atom. The zero-order chi connectivity index (χ0) is 19.9. The van der Waals surface area contributed by atoms with E-state index in [1.807, 2.05) is 6.92 Å². The maximum absolute atomic E-state index is 14.6. The molecular weight excluding hydrogens is 369 g/mol. The van der Waals surface area contributed by atoms with E-state index in [0.717, 1.165) is 12.8 Å². The number of fused-ring (bicyclic) bond motifs is 3. The Hall–Kier alpha value is -1.66. The van der Waals surface area contributed by atoms with Gasteiger partial charge in [-0.05, 0) is 56.4 Å². The fourth-order valence-electron chi connectivity index (χ4n) is 5.25. The van der Waals surface area contributed by atoms with E-state index in [9.17, 15) is 14.3 Å². The number of hydrogen-bond donors (Lipinski definition) is 3. The number of pyridine rings is 1. The molecule has 2 aromatic rings. The van der Waals surface area contributed by atoms with Crippen LogP contribution in [0.3, 0.4) is 0 Å². The van der Waals surface area contributed by atoms with Crippen LogP contribution in [0.5, 0.6) is 0 Å². The van der Waals surface area contributed by atoms with Gasteiger partial charge in [0.1, 0.15) is 11.3 Å². The van der Waals surface area contributed by atoms with E-state index >= 15 is 0 Å². The summed E-state index contributed by atoms with van der Waals surface area (Å²) in [6.07, 6.45) is 1.73. The third-order valence-corrected chi connectivity index (χ3v) is 7.61. The first-order chi connectivity index (χ1) is 12.5. The first kappa shape index (κ1) is 18.7. The van der Waals surface area contributed by atoms with Crippen LogP contribution in [0.25, 0.3) is 11.0 Å². The molecule has 1 amide bonds. The van der Waals surface area contributed by atoms with Crippen LogP contribution >= 0.6 is 11.6 Å². The monoisotopic (exact) mass is 393 g/mol. The third-order valence-electron chi connectivity index (χ3n) is 7.17. The van der Waals surface area contributed by atoms with Gasteiger partial charge in [0.2, 0.25) is 0 Å².